The van der Waals surface area contributed by atoms with Crippen molar-refractivity contribution < 1.29 is 4.74 Å². The predicted molar refractivity (Wildman–Crippen MR) is 98.0 cm³/mol. The minimum Gasteiger partial charge on any atom is -0.497 e. The van der Waals surface area contributed by atoms with E-state index in [1.54, 1.807) is 19.4 Å². The molecule has 4 heteroatoms. The molecule has 0 aliphatic heterocycles. The van der Waals surface area contributed by atoms with Crippen molar-refractivity contribution in [2.24, 2.45) is 0 Å². The first kappa shape index (κ1) is 15.6. The Hall–Kier alpha value is -3.32. The number of anilines is 1. The van der Waals surface area contributed by atoms with Gasteiger partial charge >= 0.3 is 0 Å². The molecule has 0 aliphatic rings. The van der Waals surface area contributed by atoms with Crippen molar-refractivity contribution in [1.82, 2.24) is 9.97 Å². The number of rotatable bonds is 3. The standard InChI is InChI=1S/C20H17N3O/c1-21-20-12-7-15(14-22-20)5-3-4-6-17-9-8-16-13-18(24-2)10-11-19(16)23-17/h4,6-14H,1-2H3,(H,21,22)/b6-4+. The molecule has 4 nitrogen and oxygen atoms in total. The zero-order valence-corrected chi connectivity index (χ0v) is 13.6. The Balaban J connectivity index is 1.74. The Kier molecular flexibility index (Phi) is 4.73. The molecule has 0 saturated carbocycles. The van der Waals surface area contributed by atoms with Gasteiger partial charge in [0.25, 0.3) is 0 Å². The minimum absolute atomic E-state index is 0.827. The van der Waals surface area contributed by atoms with Crippen LogP contribution in [0.15, 0.2) is 54.7 Å². The van der Waals surface area contributed by atoms with Crippen molar-refractivity contribution >= 4 is 22.8 Å². The number of pyridine rings is 2. The summed E-state index contributed by atoms with van der Waals surface area (Å²) in [6.45, 7) is 0. The van der Waals surface area contributed by atoms with Crippen LogP contribution in [0.4, 0.5) is 5.82 Å². The molecule has 24 heavy (non-hydrogen) atoms. The summed E-state index contributed by atoms with van der Waals surface area (Å²) in [6.07, 6.45) is 5.43. The number of hydrogen-bond acceptors (Lipinski definition) is 4. The SMILES string of the molecule is CNc1ccc(C#C/C=C/c2ccc3cc(OC)ccc3n2)cn1. The van der Waals surface area contributed by atoms with Gasteiger partial charge in [0.15, 0.2) is 0 Å². The van der Waals surface area contributed by atoms with Gasteiger partial charge in [0.2, 0.25) is 0 Å². The van der Waals surface area contributed by atoms with Gasteiger partial charge in [-0.2, -0.15) is 0 Å². The number of ether oxygens (including phenoxy) is 1. The number of allylic oxidation sites excluding steroid dienone is 1. The molecule has 2 aromatic heterocycles. The monoisotopic (exact) mass is 315 g/mol. The van der Waals surface area contributed by atoms with Crippen molar-refractivity contribution in [2.45, 2.75) is 0 Å². The topological polar surface area (TPSA) is 47.0 Å². The van der Waals surface area contributed by atoms with Crippen LogP contribution in [0, 0.1) is 11.8 Å². The lowest BCUT2D eigenvalue weighted by atomic mass is 10.2. The number of benzene rings is 1. The summed E-state index contributed by atoms with van der Waals surface area (Å²) in [5, 5.41) is 4.02. The van der Waals surface area contributed by atoms with E-state index >= 15 is 0 Å². The molecule has 0 fully saturated rings. The van der Waals surface area contributed by atoms with Crippen molar-refractivity contribution in [3.63, 3.8) is 0 Å². The van der Waals surface area contributed by atoms with Crippen molar-refractivity contribution in [3.05, 3.63) is 66.0 Å². The quantitative estimate of drug-likeness (QED) is 0.748. The highest BCUT2D eigenvalue weighted by atomic mass is 16.5. The number of hydrogen-bond donors (Lipinski definition) is 1. The summed E-state index contributed by atoms with van der Waals surface area (Å²) in [5.41, 5.74) is 2.67. The molecule has 0 amide bonds. The van der Waals surface area contributed by atoms with Crippen LogP contribution in [0.3, 0.4) is 0 Å². The maximum absolute atomic E-state index is 5.22. The predicted octanol–water partition coefficient (Wildman–Crippen LogP) is 3.75. The van der Waals surface area contributed by atoms with E-state index in [1.807, 2.05) is 55.6 Å². The molecule has 1 N–H and O–H groups in total. The molecule has 0 saturated heterocycles. The summed E-state index contributed by atoms with van der Waals surface area (Å²) in [5.74, 6) is 7.71. The fourth-order valence-electron chi connectivity index (χ4n) is 2.21. The molecule has 3 rings (SSSR count). The zero-order chi connectivity index (χ0) is 16.8. The zero-order valence-electron chi connectivity index (χ0n) is 13.6. The van der Waals surface area contributed by atoms with Gasteiger partial charge in [0.05, 0.1) is 18.3 Å². The van der Waals surface area contributed by atoms with E-state index in [9.17, 15) is 0 Å². The molecule has 0 bridgehead atoms. The molecule has 0 unspecified atom stereocenters. The Labute approximate surface area is 141 Å². The third kappa shape index (κ3) is 3.71. The fourth-order valence-corrected chi connectivity index (χ4v) is 2.21. The lowest BCUT2D eigenvalue weighted by molar-refractivity contribution is 0.415. The molecule has 118 valence electrons. The van der Waals surface area contributed by atoms with Gasteiger partial charge in [0, 0.05) is 24.2 Å². The van der Waals surface area contributed by atoms with Gasteiger partial charge < -0.3 is 10.1 Å². The maximum atomic E-state index is 5.22. The van der Waals surface area contributed by atoms with Crippen LogP contribution >= 0.6 is 0 Å². The first-order valence-corrected chi connectivity index (χ1v) is 7.55. The number of methoxy groups -OCH3 is 1. The largest absolute Gasteiger partial charge is 0.497 e. The van der Waals surface area contributed by atoms with E-state index in [1.165, 1.54) is 0 Å². The lowest BCUT2D eigenvalue weighted by Gasteiger charge is -2.02. The van der Waals surface area contributed by atoms with Crippen LogP contribution in [-0.4, -0.2) is 24.1 Å². The van der Waals surface area contributed by atoms with Crippen LogP contribution in [0.2, 0.25) is 0 Å². The summed E-state index contributed by atoms with van der Waals surface area (Å²) >= 11 is 0. The van der Waals surface area contributed by atoms with Gasteiger partial charge in [-0.25, -0.2) is 9.97 Å². The summed E-state index contributed by atoms with van der Waals surface area (Å²) < 4.78 is 5.22. The third-order valence-electron chi connectivity index (χ3n) is 3.49. The molecule has 0 atom stereocenters. The highest BCUT2D eigenvalue weighted by Gasteiger charge is 1.98. The van der Waals surface area contributed by atoms with Crippen LogP contribution in [0.1, 0.15) is 11.3 Å². The molecule has 0 aliphatic carbocycles. The molecular formula is C20H17N3O. The van der Waals surface area contributed by atoms with E-state index < -0.39 is 0 Å². The van der Waals surface area contributed by atoms with E-state index in [2.05, 4.69) is 27.1 Å². The second kappa shape index (κ2) is 7.30. The second-order valence-corrected chi connectivity index (χ2v) is 5.08. The maximum Gasteiger partial charge on any atom is 0.125 e. The Morgan fingerprint density at radius 2 is 2.04 bits per heavy atom. The van der Waals surface area contributed by atoms with E-state index in [0.29, 0.717) is 0 Å². The minimum atomic E-state index is 0.827. The molecule has 3 aromatic rings. The third-order valence-corrected chi connectivity index (χ3v) is 3.49. The number of nitrogens with one attached hydrogen (secondary N) is 1. The second-order valence-electron chi connectivity index (χ2n) is 5.08. The van der Waals surface area contributed by atoms with E-state index in [0.717, 1.165) is 33.7 Å². The summed E-state index contributed by atoms with van der Waals surface area (Å²) in [6, 6.07) is 13.6. The van der Waals surface area contributed by atoms with Gasteiger partial charge in [-0.3, -0.25) is 0 Å². The molecular weight excluding hydrogens is 298 g/mol. The summed E-state index contributed by atoms with van der Waals surface area (Å²) in [7, 11) is 3.50. The summed E-state index contributed by atoms with van der Waals surface area (Å²) in [4.78, 5) is 8.81. The van der Waals surface area contributed by atoms with Crippen molar-refractivity contribution in [3.8, 4) is 17.6 Å². The first-order valence-electron chi connectivity index (χ1n) is 7.55. The van der Waals surface area contributed by atoms with Crippen LogP contribution < -0.4 is 10.1 Å². The van der Waals surface area contributed by atoms with E-state index in [-0.39, 0.29) is 0 Å². The average molecular weight is 315 g/mol. The first-order chi connectivity index (χ1) is 11.8. The Bertz CT molecular complexity index is 934. The van der Waals surface area contributed by atoms with Crippen molar-refractivity contribution in [2.75, 3.05) is 19.5 Å². The number of fused-ring (bicyclic) bond motifs is 1. The van der Waals surface area contributed by atoms with Crippen LogP contribution in [0.5, 0.6) is 5.75 Å². The smallest absolute Gasteiger partial charge is 0.125 e. The van der Waals surface area contributed by atoms with Gasteiger partial charge in [0.1, 0.15) is 11.6 Å². The van der Waals surface area contributed by atoms with Crippen LogP contribution in [0.25, 0.3) is 17.0 Å². The molecule has 0 spiro atoms. The number of nitrogens with zero attached hydrogens (tertiary/aromatic N) is 2. The van der Waals surface area contributed by atoms with E-state index in [4.69, 9.17) is 4.74 Å². The van der Waals surface area contributed by atoms with Gasteiger partial charge in [-0.05, 0) is 48.6 Å². The fraction of sp³-hybridized carbons (Fsp3) is 0.100. The molecule has 0 radical (unpaired) electrons. The lowest BCUT2D eigenvalue weighted by Crippen LogP contribution is -1.90. The Morgan fingerprint density at radius 3 is 2.79 bits per heavy atom. The normalized spacial score (nSPS) is 10.4. The van der Waals surface area contributed by atoms with Gasteiger partial charge in [-0.1, -0.05) is 17.9 Å². The highest BCUT2D eigenvalue weighted by Crippen LogP contribution is 2.19. The van der Waals surface area contributed by atoms with Crippen LogP contribution in [-0.2, 0) is 0 Å². The van der Waals surface area contributed by atoms with Gasteiger partial charge in [-0.15, -0.1) is 0 Å². The highest BCUT2D eigenvalue weighted by molar-refractivity contribution is 5.81. The Morgan fingerprint density at radius 1 is 1.12 bits per heavy atom. The van der Waals surface area contributed by atoms with Crippen molar-refractivity contribution in [1.29, 1.82) is 0 Å². The molecule has 2 heterocycles. The average Bonchev–Trinajstić information content (AvgIpc) is 2.65. The molecule has 1 aromatic carbocycles. The number of aromatic nitrogens is 2.